The minimum absolute atomic E-state index is 1.14. The normalized spacial score (nSPS) is 12.5. The summed E-state index contributed by atoms with van der Waals surface area (Å²) < 4.78 is 0. The largest absolute Gasteiger partial charge is 0.333 e. The molecule has 1 heterocycles. The third kappa shape index (κ3) is 25.9. The zero-order valence-electron chi connectivity index (χ0n) is 7.85. The van der Waals surface area contributed by atoms with Gasteiger partial charge in [0.25, 0.3) is 0 Å². The van der Waals surface area contributed by atoms with Crippen LogP contribution in [0.1, 0.15) is 6.42 Å². The Kier molecular flexibility index (Phi) is 51.1. The lowest BCUT2D eigenvalue weighted by Gasteiger charge is -1.81. The van der Waals surface area contributed by atoms with E-state index in [0.717, 1.165) is 13.1 Å². The van der Waals surface area contributed by atoms with Crippen LogP contribution in [0.4, 0.5) is 0 Å². The van der Waals surface area contributed by atoms with E-state index in [4.69, 9.17) is 0 Å². The fraction of sp³-hybridized carbons (Fsp3) is 1.00. The highest BCUT2D eigenvalue weighted by atomic mass is 15.4. The van der Waals surface area contributed by atoms with Gasteiger partial charge in [0.05, 0.1) is 0 Å². The molecule has 5 heteroatoms. The molecule has 0 amide bonds. The number of hydrogen-bond acceptors (Lipinski definition) is 5. The number of hydrazine groups is 1. The van der Waals surface area contributed by atoms with Crippen LogP contribution in [-0.4, -0.2) is 34.2 Å². The standard InChI is InChI=1S/C3H8N2.3CH5N/c1-2-4-5-3-1;3*1-2/h4-5H,1-3H2;3*2H2,1H3. The van der Waals surface area contributed by atoms with Gasteiger partial charge in [0.1, 0.15) is 0 Å². The van der Waals surface area contributed by atoms with E-state index in [0.29, 0.717) is 0 Å². The molecule has 72 valence electrons. The van der Waals surface area contributed by atoms with E-state index in [9.17, 15) is 0 Å². The molecule has 1 fully saturated rings. The molecule has 11 heavy (non-hydrogen) atoms. The first-order valence-electron chi connectivity index (χ1n) is 3.69. The van der Waals surface area contributed by atoms with E-state index in [-0.39, 0.29) is 0 Å². The fourth-order valence-corrected chi connectivity index (χ4v) is 0.442. The van der Waals surface area contributed by atoms with E-state index in [1.54, 1.807) is 0 Å². The van der Waals surface area contributed by atoms with Crippen LogP contribution in [0.15, 0.2) is 0 Å². The van der Waals surface area contributed by atoms with Gasteiger partial charge in [0.2, 0.25) is 0 Å². The summed E-state index contributed by atoms with van der Waals surface area (Å²) in [5.74, 6) is 0. The Morgan fingerprint density at radius 3 is 1.09 bits per heavy atom. The lowest BCUT2D eigenvalue weighted by Crippen LogP contribution is -2.21. The van der Waals surface area contributed by atoms with Crippen molar-refractivity contribution < 1.29 is 0 Å². The predicted molar refractivity (Wildman–Crippen MR) is 51.0 cm³/mol. The summed E-state index contributed by atoms with van der Waals surface area (Å²) >= 11 is 0. The monoisotopic (exact) mass is 165 g/mol. The molecule has 5 nitrogen and oxygen atoms in total. The van der Waals surface area contributed by atoms with Gasteiger partial charge in [0, 0.05) is 13.1 Å². The highest BCUT2D eigenvalue weighted by Gasteiger charge is 1.91. The third-order valence-electron chi connectivity index (χ3n) is 0.729. The lowest BCUT2D eigenvalue weighted by atomic mass is 10.5. The predicted octanol–water partition coefficient (Wildman–Crippen LogP) is -1.79. The third-order valence-corrected chi connectivity index (χ3v) is 0.729. The number of rotatable bonds is 0. The second-order valence-electron chi connectivity index (χ2n) is 1.21. The molecule has 0 bridgehead atoms. The maximum absolute atomic E-state index is 4.50. The Morgan fingerprint density at radius 1 is 0.727 bits per heavy atom. The molecular formula is C6H23N5. The number of nitrogens with two attached hydrogens (primary N) is 3. The molecule has 0 spiro atoms. The Hall–Kier alpha value is -0.200. The molecular weight excluding hydrogens is 142 g/mol. The zero-order valence-corrected chi connectivity index (χ0v) is 7.85. The van der Waals surface area contributed by atoms with Crippen molar-refractivity contribution in [2.75, 3.05) is 34.2 Å². The number of nitrogens with one attached hydrogen (secondary N) is 2. The van der Waals surface area contributed by atoms with E-state index in [1.807, 2.05) is 0 Å². The summed E-state index contributed by atoms with van der Waals surface area (Å²) in [6.07, 6.45) is 1.28. The van der Waals surface area contributed by atoms with Crippen molar-refractivity contribution in [3.63, 3.8) is 0 Å². The van der Waals surface area contributed by atoms with Crippen molar-refractivity contribution in [3.8, 4) is 0 Å². The van der Waals surface area contributed by atoms with Crippen LogP contribution in [0.3, 0.4) is 0 Å². The molecule has 0 unspecified atom stereocenters. The average Bonchev–Trinajstić information content (AvgIpc) is 2.71. The quantitative estimate of drug-likeness (QED) is 0.292. The van der Waals surface area contributed by atoms with Crippen LogP contribution in [0.25, 0.3) is 0 Å². The SMILES string of the molecule is C1CNNC1.CN.CN.CN. The van der Waals surface area contributed by atoms with E-state index >= 15 is 0 Å². The second-order valence-corrected chi connectivity index (χ2v) is 1.21. The molecule has 0 radical (unpaired) electrons. The van der Waals surface area contributed by atoms with Gasteiger partial charge >= 0.3 is 0 Å². The van der Waals surface area contributed by atoms with Gasteiger partial charge < -0.3 is 17.2 Å². The lowest BCUT2D eigenvalue weighted by molar-refractivity contribution is 0.689. The summed E-state index contributed by atoms with van der Waals surface area (Å²) in [4.78, 5) is 0. The van der Waals surface area contributed by atoms with Gasteiger partial charge in [-0.3, -0.25) is 10.9 Å². The molecule has 0 atom stereocenters. The van der Waals surface area contributed by atoms with Crippen LogP contribution in [0, 0.1) is 0 Å². The van der Waals surface area contributed by atoms with Crippen LogP contribution in [0.5, 0.6) is 0 Å². The molecule has 1 aliphatic rings. The summed E-state index contributed by atoms with van der Waals surface area (Å²) in [6.45, 7) is 2.28. The van der Waals surface area contributed by atoms with E-state index in [1.165, 1.54) is 27.6 Å². The van der Waals surface area contributed by atoms with Crippen molar-refractivity contribution >= 4 is 0 Å². The average molecular weight is 165 g/mol. The summed E-state index contributed by atoms with van der Waals surface area (Å²) in [7, 11) is 4.50. The minimum atomic E-state index is 1.14. The Bertz CT molecular complexity index is 22.5. The van der Waals surface area contributed by atoms with Crippen molar-refractivity contribution in [2.24, 2.45) is 17.2 Å². The Morgan fingerprint density at radius 2 is 1.00 bits per heavy atom. The highest BCUT2D eigenvalue weighted by molar-refractivity contribution is 4.51. The Balaban J connectivity index is -0.0000000933. The molecule has 0 aromatic rings. The highest BCUT2D eigenvalue weighted by Crippen LogP contribution is 1.74. The van der Waals surface area contributed by atoms with Gasteiger partial charge in [-0.25, -0.2) is 0 Å². The summed E-state index contributed by atoms with van der Waals surface area (Å²) in [5.41, 5.74) is 19.4. The van der Waals surface area contributed by atoms with Gasteiger partial charge in [-0.2, -0.15) is 0 Å². The topological polar surface area (TPSA) is 102 Å². The molecule has 1 rings (SSSR count). The van der Waals surface area contributed by atoms with Gasteiger partial charge in [0.15, 0.2) is 0 Å². The maximum Gasteiger partial charge on any atom is 0.0112 e. The maximum atomic E-state index is 4.50. The van der Waals surface area contributed by atoms with Gasteiger partial charge in [-0.15, -0.1) is 0 Å². The first-order valence-corrected chi connectivity index (χ1v) is 3.69. The van der Waals surface area contributed by atoms with Gasteiger partial charge in [-0.1, -0.05) is 0 Å². The molecule has 0 aromatic carbocycles. The minimum Gasteiger partial charge on any atom is -0.333 e. The van der Waals surface area contributed by atoms with E-state index in [2.05, 4.69) is 28.1 Å². The van der Waals surface area contributed by atoms with Crippen molar-refractivity contribution in [1.82, 2.24) is 10.9 Å². The van der Waals surface area contributed by atoms with Crippen LogP contribution >= 0.6 is 0 Å². The summed E-state index contributed by atoms with van der Waals surface area (Å²) in [5, 5.41) is 0. The summed E-state index contributed by atoms with van der Waals surface area (Å²) in [6, 6.07) is 0. The molecule has 0 saturated carbocycles. The van der Waals surface area contributed by atoms with Crippen LogP contribution < -0.4 is 28.1 Å². The fourth-order valence-electron chi connectivity index (χ4n) is 0.442. The first-order chi connectivity index (χ1) is 5.50. The van der Waals surface area contributed by atoms with Crippen molar-refractivity contribution in [2.45, 2.75) is 6.42 Å². The first kappa shape index (κ1) is 17.0. The molecule has 1 aliphatic heterocycles. The number of hydrogen-bond donors (Lipinski definition) is 5. The second kappa shape index (κ2) is 32.9. The molecule has 8 N–H and O–H groups in total. The van der Waals surface area contributed by atoms with Crippen molar-refractivity contribution in [3.05, 3.63) is 0 Å². The molecule has 0 aromatic heterocycles. The smallest absolute Gasteiger partial charge is 0.0112 e. The van der Waals surface area contributed by atoms with Crippen molar-refractivity contribution in [1.29, 1.82) is 0 Å². The zero-order chi connectivity index (χ0) is 9.54. The van der Waals surface area contributed by atoms with Gasteiger partial charge in [-0.05, 0) is 27.6 Å². The van der Waals surface area contributed by atoms with Crippen LogP contribution in [0.2, 0.25) is 0 Å². The molecule has 1 saturated heterocycles. The van der Waals surface area contributed by atoms with E-state index < -0.39 is 0 Å². The van der Waals surface area contributed by atoms with Crippen LogP contribution in [-0.2, 0) is 0 Å². The Labute approximate surface area is 69.7 Å². The molecule has 0 aliphatic carbocycles.